The molecule has 188 valence electrons. The molecule has 4 rings (SSSR count). The van der Waals surface area contributed by atoms with Crippen molar-refractivity contribution in [1.29, 1.82) is 0 Å². The molecule has 2 heterocycles. The molecule has 3 aromatic rings. The molecule has 1 aliphatic heterocycles. The van der Waals surface area contributed by atoms with Crippen molar-refractivity contribution in [2.75, 3.05) is 51.3 Å². The number of amides is 2. The number of hydrogen-bond donors (Lipinski definition) is 2. The number of aromatic nitrogens is 1. The first-order valence-corrected chi connectivity index (χ1v) is 12.3. The number of piperazine rings is 1. The number of carbonyl (C=O) groups excluding carboxylic acids is 2. The summed E-state index contributed by atoms with van der Waals surface area (Å²) in [5.74, 6) is -0.462. The Kier molecular flexibility index (Phi) is 8.88. The lowest BCUT2D eigenvalue weighted by Crippen LogP contribution is -2.51. The first kappa shape index (κ1) is 25.2. The SMILES string of the molecule is COc1ccc(CCNC(=O)C(=O)NC[C@H](c2cccnc2)N2CCN(c3ccccc3)CC2)cc1. The Balaban J connectivity index is 1.29. The lowest BCUT2D eigenvalue weighted by atomic mass is 10.1. The first-order chi connectivity index (χ1) is 17.6. The number of hydrogen-bond acceptors (Lipinski definition) is 6. The minimum Gasteiger partial charge on any atom is -0.497 e. The van der Waals surface area contributed by atoms with E-state index in [0.717, 1.165) is 43.1 Å². The molecule has 2 amide bonds. The van der Waals surface area contributed by atoms with Gasteiger partial charge in [-0.15, -0.1) is 0 Å². The summed E-state index contributed by atoms with van der Waals surface area (Å²) >= 11 is 0. The molecule has 0 radical (unpaired) electrons. The topological polar surface area (TPSA) is 86.8 Å². The number of nitrogens with one attached hydrogen (secondary N) is 2. The highest BCUT2D eigenvalue weighted by molar-refractivity contribution is 6.35. The molecular formula is C28H33N5O3. The van der Waals surface area contributed by atoms with Crippen LogP contribution < -0.4 is 20.3 Å². The Hall–Kier alpha value is -3.91. The second-order valence-electron chi connectivity index (χ2n) is 8.72. The molecule has 0 unspecified atom stereocenters. The molecule has 8 nitrogen and oxygen atoms in total. The van der Waals surface area contributed by atoms with Crippen LogP contribution in [0.1, 0.15) is 17.2 Å². The fraction of sp³-hybridized carbons (Fsp3) is 0.321. The second-order valence-corrected chi connectivity index (χ2v) is 8.72. The zero-order chi connectivity index (χ0) is 25.2. The Morgan fingerprint density at radius 2 is 1.64 bits per heavy atom. The third-order valence-electron chi connectivity index (χ3n) is 6.47. The maximum Gasteiger partial charge on any atom is 0.309 e. The van der Waals surface area contributed by atoms with Crippen molar-refractivity contribution >= 4 is 17.5 Å². The minimum atomic E-state index is -0.624. The number of anilines is 1. The van der Waals surface area contributed by atoms with E-state index >= 15 is 0 Å². The number of rotatable bonds is 9. The van der Waals surface area contributed by atoms with E-state index in [4.69, 9.17) is 4.74 Å². The van der Waals surface area contributed by atoms with E-state index in [1.54, 1.807) is 13.3 Å². The van der Waals surface area contributed by atoms with Gasteiger partial charge in [0.25, 0.3) is 0 Å². The highest BCUT2D eigenvalue weighted by Gasteiger charge is 2.26. The predicted octanol–water partition coefficient (Wildman–Crippen LogP) is 2.43. The van der Waals surface area contributed by atoms with Crippen molar-refractivity contribution in [3.63, 3.8) is 0 Å². The molecule has 36 heavy (non-hydrogen) atoms. The summed E-state index contributed by atoms with van der Waals surface area (Å²) in [5.41, 5.74) is 3.29. The van der Waals surface area contributed by atoms with Crippen LogP contribution in [0, 0.1) is 0 Å². The van der Waals surface area contributed by atoms with Crippen LogP contribution >= 0.6 is 0 Å². The summed E-state index contributed by atoms with van der Waals surface area (Å²) in [6, 6.07) is 21.9. The highest BCUT2D eigenvalue weighted by atomic mass is 16.5. The van der Waals surface area contributed by atoms with Crippen LogP contribution in [0.4, 0.5) is 5.69 Å². The van der Waals surface area contributed by atoms with Crippen molar-refractivity contribution < 1.29 is 14.3 Å². The van der Waals surface area contributed by atoms with Crippen molar-refractivity contribution in [1.82, 2.24) is 20.5 Å². The first-order valence-electron chi connectivity index (χ1n) is 12.3. The maximum absolute atomic E-state index is 12.5. The number of carbonyl (C=O) groups is 2. The number of pyridine rings is 1. The van der Waals surface area contributed by atoms with Crippen LogP contribution in [-0.4, -0.2) is 68.1 Å². The van der Waals surface area contributed by atoms with Gasteiger partial charge in [-0.25, -0.2) is 0 Å². The molecule has 2 aromatic carbocycles. The van der Waals surface area contributed by atoms with Gasteiger partial charge in [-0.2, -0.15) is 0 Å². The Bertz CT molecular complexity index is 1100. The summed E-state index contributed by atoms with van der Waals surface area (Å²) in [5, 5.41) is 5.55. The largest absolute Gasteiger partial charge is 0.497 e. The van der Waals surface area contributed by atoms with E-state index < -0.39 is 11.8 Å². The lowest BCUT2D eigenvalue weighted by Gasteiger charge is -2.40. The zero-order valence-corrected chi connectivity index (χ0v) is 20.6. The van der Waals surface area contributed by atoms with Gasteiger partial charge in [0.15, 0.2) is 0 Å². The number of methoxy groups -OCH3 is 1. The van der Waals surface area contributed by atoms with Gasteiger partial charge < -0.3 is 20.3 Å². The van der Waals surface area contributed by atoms with E-state index in [1.165, 1.54) is 5.69 Å². The highest BCUT2D eigenvalue weighted by Crippen LogP contribution is 2.23. The normalized spacial score (nSPS) is 14.6. The summed E-state index contributed by atoms with van der Waals surface area (Å²) < 4.78 is 5.16. The number of para-hydroxylation sites is 1. The van der Waals surface area contributed by atoms with Crippen molar-refractivity contribution in [3.8, 4) is 5.75 Å². The molecule has 2 N–H and O–H groups in total. The average molecular weight is 488 g/mol. The third-order valence-corrected chi connectivity index (χ3v) is 6.47. The fourth-order valence-electron chi connectivity index (χ4n) is 4.42. The van der Waals surface area contributed by atoms with E-state index in [1.807, 2.05) is 48.7 Å². The molecule has 1 atom stereocenters. The number of benzene rings is 2. The quantitative estimate of drug-likeness (QED) is 0.451. The molecule has 0 bridgehead atoms. The minimum absolute atomic E-state index is 0.0623. The van der Waals surface area contributed by atoms with E-state index in [0.29, 0.717) is 19.5 Å². The predicted molar refractivity (Wildman–Crippen MR) is 140 cm³/mol. The lowest BCUT2D eigenvalue weighted by molar-refractivity contribution is -0.139. The standard InChI is InChI=1S/C28H33N5O3/c1-36-25-11-9-22(10-12-25)13-15-30-27(34)28(35)31-21-26(23-6-5-14-29-20-23)33-18-16-32(17-19-33)24-7-3-2-4-8-24/h2-12,14,20,26H,13,15-19,21H2,1H3,(H,30,34)(H,31,35)/t26-/m1/s1. The molecule has 1 fully saturated rings. The Morgan fingerprint density at radius 1 is 0.917 bits per heavy atom. The third kappa shape index (κ3) is 6.82. The Labute approximate surface area is 212 Å². The molecule has 0 aliphatic carbocycles. The van der Waals surface area contributed by atoms with Gasteiger partial charge in [0.1, 0.15) is 5.75 Å². The van der Waals surface area contributed by atoms with Gasteiger partial charge in [-0.05, 0) is 47.9 Å². The smallest absolute Gasteiger partial charge is 0.309 e. The molecule has 8 heteroatoms. The van der Waals surface area contributed by atoms with Gasteiger partial charge in [0, 0.05) is 57.3 Å². The van der Waals surface area contributed by atoms with Gasteiger partial charge in [-0.1, -0.05) is 36.4 Å². The summed E-state index contributed by atoms with van der Waals surface area (Å²) in [7, 11) is 1.62. The summed E-state index contributed by atoms with van der Waals surface area (Å²) in [4.78, 5) is 33.9. The monoisotopic (exact) mass is 487 g/mol. The number of ether oxygens (including phenoxy) is 1. The van der Waals surface area contributed by atoms with Crippen molar-refractivity contribution in [2.45, 2.75) is 12.5 Å². The van der Waals surface area contributed by atoms with E-state index in [2.05, 4.69) is 49.7 Å². The molecule has 1 aromatic heterocycles. The van der Waals surface area contributed by atoms with Gasteiger partial charge >= 0.3 is 11.8 Å². The van der Waals surface area contributed by atoms with Gasteiger partial charge in [0.2, 0.25) is 0 Å². The molecule has 1 saturated heterocycles. The average Bonchev–Trinajstić information content (AvgIpc) is 2.94. The van der Waals surface area contributed by atoms with E-state index in [-0.39, 0.29) is 6.04 Å². The van der Waals surface area contributed by atoms with Crippen molar-refractivity contribution in [2.24, 2.45) is 0 Å². The molecule has 0 saturated carbocycles. The van der Waals surface area contributed by atoms with Crippen LogP contribution in [0.2, 0.25) is 0 Å². The van der Waals surface area contributed by atoms with E-state index in [9.17, 15) is 9.59 Å². The van der Waals surface area contributed by atoms with Crippen LogP contribution in [0.3, 0.4) is 0 Å². The van der Waals surface area contributed by atoms with Crippen LogP contribution in [0.5, 0.6) is 5.75 Å². The van der Waals surface area contributed by atoms with Gasteiger partial charge in [0.05, 0.1) is 13.2 Å². The summed E-state index contributed by atoms with van der Waals surface area (Å²) in [6.45, 7) is 4.19. The second kappa shape index (κ2) is 12.7. The number of nitrogens with zero attached hydrogens (tertiary/aromatic N) is 3. The molecule has 0 spiro atoms. The maximum atomic E-state index is 12.5. The molecule has 1 aliphatic rings. The molecular weight excluding hydrogens is 454 g/mol. The van der Waals surface area contributed by atoms with Crippen LogP contribution in [0.25, 0.3) is 0 Å². The fourth-order valence-corrected chi connectivity index (χ4v) is 4.42. The van der Waals surface area contributed by atoms with Crippen LogP contribution in [-0.2, 0) is 16.0 Å². The van der Waals surface area contributed by atoms with Crippen LogP contribution in [0.15, 0.2) is 79.1 Å². The Morgan fingerprint density at radius 3 is 2.31 bits per heavy atom. The van der Waals surface area contributed by atoms with Crippen molar-refractivity contribution in [3.05, 3.63) is 90.3 Å². The van der Waals surface area contributed by atoms with Gasteiger partial charge in [-0.3, -0.25) is 19.5 Å². The zero-order valence-electron chi connectivity index (χ0n) is 20.6. The summed E-state index contributed by atoms with van der Waals surface area (Å²) in [6.07, 6.45) is 4.20.